The van der Waals surface area contributed by atoms with Crippen molar-refractivity contribution >= 4 is 70.4 Å². The normalized spacial score (nSPS) is 10.9. The Bertz CT molecular complexity index is 2380. The molecule has 58 heavy (non-hydrogen) atoms. The molecule has 16 nitrogen and oxygen atoms in total. The number of anilines is 4. The predicted molar refractivity (Wildman–Crippen MR) is 218 cm³/mol. The quantitative estimate of drug-likeness (QED) is 0.0417. The van der Waals surface area contributed by atoms with Crippen LogP contribution >= 0.6 is 11.9 Å². The van der Waals surface area contributed by atoms with Crippen LogP contribution in [-0.2, 0) is 9.59 Å². The molecule has 0 unspecified atom stereocenters. The van der Waals surface area contributed by atoms with Crippen molar-refractivity contribution in [2.24, 2.45) is 0 Å². The minimum atomic E-state index is -1.41. The third-order valence-corrected chi connectivity index (χ3v) is 9.04. The van der Waals surface area contributed by atoms with Gasteiger partial charge in [-0.2, -0.15) is 0 Å². The van der Waals surface area contributed by atoms with Crippen LogP contribution in [0.4, 0.5) is 22.7 Å². The number of hydrogen-bond donors (Lipinski definition) is 9. The number of hydrogen-bond acceptors (Lipinski definition) is 12. The highest BCUT2D eigenvalue weighted by atomic mass is 32.2. The molecule has 0 spiro atoms. The third kappa shape index (κ3) is 10.4. The van der Waals surface area contributed by atoms with Gasteiger partial charge in [0, 0.05) is 27.4 Å². The van der Waals surface area contributed by atoms with Gasteiger partial charge in [0.05, 0.1) is 37.7 Å². The fourth-order valence-electron chi connectivity index (χ4n) is 5.31. The van der Waals surface area contributed by atoms with Crippen LogP contribution in [0.2, 0.25) is 0 Å². The van der Waals surface area contributed by atoms with Crippen molar-refractivity contribution in [1.29, 1.82) is 0 Å². The van der Waals surface area contributed by atoms with Crippen molar-refractivity contribution < 1.29 is 53.9 Å². The number of phenolic OH excluding ortho intramolecular Hbond substituents is 2. The minimum absolute atomic E-state index is 0.0390. The number of carbonyl (C=O) groups excluding carboxylic acids is 4. The highest BCUT2D eigenvalue weighted by Gasteiger charge is 2.24. The molecule has 4 amide bonds. The maximum absolute atomic E-state index is 13.1. The lowest BCUT2D eigenvalue weighted by atomic mass is 10.1. The lowest BCUT2D eigenvalue weighted by molar-refractivity contribution is -0.115. The largest absolute Gasteiger partial charge is 0.508 e. The first-order chi connectivity index (χ1) is 27.8. The van der Waals surface area contributed by atoms with Crippen molar-refractivity contribution in [3.8, 4) is 28.7 Å². The van der Waals surface area contributed by atoms with Crippen LogP contribution in [0.3, 0.4) is 0 Å². The molecule has 5 aromatic carbocycles. The molecule has 0 aliphatic rings. The summed E-state index contributed by atoms with van der Waals surface area (Å²) in [6, 6.07) is 24.4. The maximum Gasteiger partial charge on any atom is 0.339 e. The summed E-state index contributed by atoms with van der Waals surface area (Å²) in [6.45, 7) is 1.65. The molecule has 9 N–H and O–H groups in total. The van der Waals surface area contributed by atoms with Gasteiger partial charge in [0.2, 0.25) is 5.91 Å². The molecule has 0 saturated carbocycles. The molecule has 0 aromatic heterocycles. The van der Waals surface area contributed by atoms with E-state index in [9.17, 15) is 44.4 Å². The Kier molecular flexibility index (Phi) is 13.6. The van der Waals surface area contributed by atoms with E-state index in [2.05, 4.69) is 26.0 Å². The highest BCUT2D eigenvalue weighted by molar-refractivity contribution is 7.97. The first kappa shape index (κ1) is 41.7. The number of methoxy groups -OCH3 is 2. The molecular weight excluding hydrogens is 771 g/mol. The second kappa shape index (κ2) is 18.9. The number of benzene rings is 5. The van der Waals surface area contributed by atoms with Crippen LogP contribution < -0.4 is 35.5 Å². The van der Waals surface area contributed by atoms with Gasteiger partial charge in [-0.1, -0.05) is 12.1 Å². The first-order valence-corrected chi connectivity index (χ1v) is 17.9. The Labute approximate surface area is 335 Å². The number of carbonyl (C=O) groups is 5. The van der Waals surface area contributed by atoms with Gasteiger partial charge in [-0.3, -0.25) is 23.9 Å². The summed E-state index contributed by atoms with van der Waals surface area (Å²) >= 11 is 1.22. The number of rotatable bonds is 15. The molecule has 0 fully saturated rings. The smallest absolute Gasteiger partial charge is 0.339 e. The van der Waals surface area contributed by atoms with E-state index in [1.165, 1.54) is 68.6 Å². The van der Waals surface area contributed by atoms with Gasteiger partial charge in [-0.25, -0.2) is 4.79 Å². The first-order valence-electron chi connectivity index (χ1n) is 17.1. The lowest BCUT2D eigenvalue weighted by Crippen LogP contribution is -2.23. The fourth-order valence-corrected chi connectivity index (χ4v) is 5.95. The van der Waals surface area contributed by atoms with Gasteiger partial charge in [-0.15, -0.1) is 0 Å². The second-order valence-electron chi connectivity index (χ2n) is 12.2. The highest BCUT2D eigenvalue weighted by Crippen LogP contribution is 2.40. The van der Waals surface area contributed by atoms with Gasteiger partial charge in [-0.05, 0) is 115 Å². The molecule has 0 atom stereocenters. The zero-order valence-corrected chi connectivity index (χ0v) is 31.9. The number of ether oxygens (including phenoxy) is 2. The molecule has 5 aromatic rings. The van der Waals surface area contributed by atoms with E-state index in [4.69, 9.17) is 9.47 Å². The number of phenols is 3. The number of aromatic hydroxyl groups is 3. The fraction of sp³-hybridized carbons (Fsp3) is 0.0976. The summed E-state index contributed by atoms with van der Waals surface area (Å²) in [7, 11) is 2.40. The lowest BCUT2D eigenvalue weighted by Gasteiger charge is -2.16. The summed E-state index contributed by atoms with van der Waals surface area (Å²) in [4.78, 5) is 63.5. The average Bonchev–Trinajstić information content (AvgIpc) is 3.19. The number of carboxylic acids is 1. The second-order valence-corrected chi connectivity index (χ2v) is 13.2. The molecule has 0 saturated heterocycles. The SMILES string of the molecule is COc1c(NC(=O)c2ccc(NC(=O)c3ccc(NC(=O)CNSc4ccc(NC(=O)/C(C)=C/c5ccc(O)cc5)cc4)cc3)c(OC)c2O)ccc(C(=O)O)c1O. The number of aromatic carboxylic acids is 1. The van der Waals surface area contributed by atoms with E-state index >= 15 is 0 Å². The molecule has 0 aliphatic heterocycles. The van der Waals surface area contributed by atoms with Crippen LogP contribution in [0.1, 0.15) is 43.6 Å². The molecule has 0 radical (unpaired) electrons. The topological polar surface area (TPSA) is 245 Å². The summed E-state index contributed by atoms with van der Waals surface area (Å²) in [5.41, 5.74) is 1.75. The Morgan fingerprint density at radius 3 is 1.76 bits per heavy atom. The number of amides is 4. The van der Waals surface area contributed by atoms with E-state index in [1.54, 1.807) is 61.5 Å². The van der Waals surface area contributed by atoms with Crippen molar-refractivity contribution in [2.75, 3.05) is 42.0 Å². The van der Waals surface area contributed by atoms with E-state index < -0.39 is 34.8 Å². The van der Waals surface area contributed by atoms with E-state index in [0.29, 0.717) is 16.9 Å². The Balaban J connectivity index is 1.10. The van der Waals surface area contributed by atoms with E-state index in [-0.39, 0.29) is 58.1 Å². The van der Waals surface area contributed by atoms with Crippen LogP contribution in [0, 0.1) is 0 Å². The predicted octanol–water partition coefficient (Wildman–Crippen LogP) is 6.30. The average molecular weight is 808 g/mol. The Morgan fingerprint density at radius 2 is 1.17 bits per heavy atom. The molecule has 298 valence electrons. The van der Waals surface area contributed by atoms with Crippen molar-refractivity contribution in [2.45, 2.75) is 11.8 Å². The summed E-state index contributed by atoms with van der Waals surface area (Å²) in [6.07, 6.45) is 1.71. The van der Waals surface area contributed by atoms with Gasteiger partial charge >= 0.3 is 5.97 Å². The van der Waals surface area contributed by atoms with Crippen LogP contribution in [0.25, 0.3) is 6.08 Å². The van der Waals surface area contributed by atoms with Gasteiger partial charge in [0.15, 0.2) is 23.0 Å². The van der Waals surface area contributed by atoms with Crippen LogP contribution in [-0.4, -0.2) is 70.8 Å². The molecule has 5 rings (SSSR count). The summed E-state index contributed by atoms with van der Waals surface area (Å²) < 4.78 is 13.3. The third-order valence-electron chi connectivity index (χ3n) is 8.24. The number of nitrogens with one attached hydrogen (secondary N) is 5. The minimum Gasteiger partial charge on any atom is -0.508 e. The van der Waals surface area contributed by atoms with Crippen LogP contribution in [0.5, 0.6) is 28.7 Å². The molecule has 17 heteroatoms. The molecular formula is C41H37N5O11S. The van der Waals surface area contributed by atoms with Gasteiger partial charge in [0.1, 0.15) is 11.3 Å². The maximum atomic E-state index is 13.1. The van der Waals surface area contributed by atoms with Crippen LogP contribution in [0.15, 0.2) is 108 Å². The Hall–Kier alpha value is -7.50. The number of carboxylic acid groups (broad SMARTS) is 1. The van der Waals surface area contributed by atoms with E-state index in [0.717, 1.165) is 16.5 Å². The van der Waals surface area contributed by atoms with Crippen molar-refractivity contribution in [3.05, 3.63) is 125 Å². The summed E-state index contributed by atoms with van der Waals surface area (Å²) in [5.74, 6) is -5.17. The molecule has 0 heterocycles. The van der Waals surface area contributed by atoms with Crippen molar-refractivity contribution in [1.82, 2.24) is 4.72 Å². The standard InChI is InChI=1S/C41H37N5O11S/c1-22(20-23-4-12-27(47)13-5-23)38(51)44-26-10-14-28(15-11-26)58-42-21-33(48)43-25-8-6-24(7-9-25)39(52)45-31-18-16-29(34(49)36(31)56-2)40(53)46-32-19-17-30(41(54)55)35(50)37(32)57-3/h4-20,42,47,49-50H,21H2,1-3H3,(H,43,48)(H,44,51)(H,45,52)(H,46,53)(H,54,55)/b22-20+. The molecule has 0 bridgehead atoms. The Morgan fingerprint density at radius 1 is 0.638 bits per heavy atom. The van der Waals surface area contributed by atoms with E-state index in [1.807, 2.05) is 0 Å². The zero-order valence-electron chi connectivity index (χ0n) is 31.1. The van der Waals surface area contributed by atoms with Gasteiger partial charge in [0.25, 0.3) is 17.7 Å². The molecule has 0 aliphatic carbocycles. The van der Waals surface area contributed by atoms with Crippen molar-refractivity contribution in [3.63, 3.8) is 0 Å². The zero-order chi connectivity index (χ0) is 41.9. The summed E-state index contributed by atoms with van der Waals surface area (Å²) in [5, 5.41) is 50.4. The van der Waals surface area contributed by atoms with Gasteiger partial charge < -0.3 is 51.2 Å². The monoisotopic (exact) mass is 807 g/mol.